The van der Waals surface area contributed by atoms with Crippen molar-refractivity contribution in [3.05, 3.63) is 0 Å². The van der Waals surface area contributed by atoms with Crippen molar-refractivity contribution in [2.45, 2.75) is 12.2 Å². The molecule has 1 aliphatic rings. The highest BCUT2D eigenvalue weighted by atomic mass is 16.6. The van der Waals surface area contributed by atoms with Crippen LogP contribution in [0.3, 0.4) is 0 Å². The van der Waals surface area contributed by atoms with Gasteiger partial charge in [0.05, 0.1) is 26.4 Å². The average Bonchev–Trinajstić information content (AvgIpc) is 2.04. The van der Waals surface area contributed by atoms with Crippen LogP contribution in [-0.2, 0) is 9.47 Å². The van der Waals surface area contributed by atoms with E-state index >= 15 is 0 Å². The summed E-state index contributed by atoms with van der Waals surface area (Å²) in [6, 6.07) is 0. The van der Waals surface area contributed by atoms with Crippen LogP contribution >= 0.6 is 0 Å². The highest BCUT2D eigenvalue weighted by molar-refractivity contribution is 4.71. The molecule has 1 saturated heterocycles. The van der Waals surface area contributed by atoms with Gasteiger partial charge in [0.1, 0.15) is 12.2 Å². The molecule has 0 radical (unpaired) electrons. The molecular formula is C6H12O4. The lowest BCUT2D eigenvalue weighted by atomic mass is 10.2. The Morgan fingerprint density at radius 3 is 1.70 bits per heavy atom. The van der Waals surface area contributed by atoms with Crippen LogP contribution in [0.1, 0.15) is 0 Å². The molecule has 2 N–H and O–H groups in total. The normalized spacial score (nSPS) is 34.2. The third-order valence-corrected chi connectivity index (χ3v) is 1.52. The van der Waals surface area contributed by atoms with E-state index in [-0.39, 0.29) is 25.4 Å². The fourth-order valence-electron chi connectivity index (χ4n) is 0.954. The van der Waals surface area contributed by atoms with Gasteiger partial charge in [0, 0.05) is 0 Å². The van der Waals surface area contributed by atoms with Crippen molar-refractivity contribution in [3.63, 3.8) is 0 Å². The predicted octanol–water partition coefficient (Wildman–Crippen LogP) is -1.24. The van der Waals surface area contributed by atoms with Gasteiger partial charge in [0.15, 0.2) is 0 Å². The van der Waals surface area contributed by atoms with Crippen LogP contribution in [0.4, 0.5) is 0 Å². The molecule has 0 unspecified atom stereocenters. The molecule has 10 heavy (non-hydrogen) atoms. The Bertz CT molecular complexity index is 83.7. The Morgan fingerprint density at radius 2 is 1.40 bits per heavy atom. The van der Waals surface area contributed by atoms with Gasteiger partial charge in [-0.25, -0.2) is 0 Å². The van der Waals surface area contributed by atoms with Crippen LogP contribution in [0.5, 0.6) is 0 Å². The molecule has 60 valence electrons. The van der Waals surface area contributed by atoms with E-state index in [0.717, 1.165) is 0 Å². The summed E-state index contributed by atoms with van der Waals surface area (Å²) in [5, 5.41) is 17.4. The molecule has 1 fully saturated rings. The maximum atomic E-state index is 8.68. The SMILES string of the molecule is OC[C@H]1OCCO[C@@H]1CO. The highest BCUT2D eigenvalue weighted by Gasteiger charge is 2.24. The number of aliphatic hydroxyl groups excluding tert-OH is 2. The van der Waals surface area contributed by atoms with Crippen molar-refractivity contribution in [3.8, 4) is 0 Å². The third-order valence-electron chi connectivity index (χ3n) is 1.52. The first-order valence-electron chi connectivity index (χ1n) is 3.33. The molecule has 0 aromatic carbocycles. The largest absolute Gasteiger partial charge is 0.394 e. The number of aliphatic hydroxyl groups is 2. The van der Waals surface area contributed by atoms with Crippen molar-refractivity contribution in [1.82, 2.24) is 0 Å². The van der Waals surface area contributed by atoms with Gasteiger partial charge < -0.3 is 19.7 Å². The monoisotopic (exact) mass is 148 g/mol. The van der Waals surface area contributed by atoms with Crippen molar-refractivity contribution >= 4 is 0 Å². The average molecular weight is 148 g/mol. The van der Waals surface area contributed by atoms with Crippen molar-refractivity contribution in [2.75, 3.05) is 26.4 Å². The zero-order valence-corrected chi connectivity index (χ0v) is 5.69. The Balaban J connectivity index is 2.34. The van der Waals surface area contributed by atoms with Gasteiger partial charge in [-0.05, 0) is 0 Å². The lowest BCUT2D eigenvalue weighted by molar-refractivity contribution is -0.164. The Hall–Kier alpha value is -0.160. The van der Waals surface area contributed by atoms with E-state index in [0.29, 0.717) is 13.2 Å². The zero-order chi connectivity index (χ0) is 7.40. The summed E-state index contributed by atoms with van der Waals surface area (Å²) in [7, 11) is 0. The van der Waals surface area contributed by atoms with E-state index in [1.54, 1.807) is 0 Å². The molecule has 1 aliphatic heterocycles. The minimum atomic E-state index is -0.348. The maximum absolute atomic E-state index is 8.68. The molecule has 4 nitrogen and oxygen atoms in total. The molecule has 0 aromatic rings. The van der Waals surface area contributed by atoms with Crippen LogP contribution < -0.4 is 0 Å². The fourth-order valence-corrected chi connectivity index (χ4v) is 0.954. The lowest BCUT2D eigenvalue weighted by Gasteiger charge is -2.28. The van der Waals surface area contributed by atoms with Crippen LogP contribution in [-0.4, -0.2) is 48.8 Å². The quantitative estimate of drug-likeness (QED) is 0.514. The molecular weight excluding hydrogens is 136 g/mol. The molecule has 0 aromatic heterocycles. The van der Waals surface area contributed by atoms with Crippen LogP contribution in [0.2, 0.25) is 0 Å². The van der Waals surface area contributed by atoms with Gasteiger partial charge in [-0.1, -0.05) is 0 Å². The van der Waals surface area contributed by atoms with Crippen molar-refractivity contribution in [2.24, 2.45) is 0 Å². The summed E-state index contributed by atoms with van der Waals surface area (Å²) in [6.45, 7) is 0.819. The molecule has 0 bridgehead atoms. The van der Waals surface area contributed by atoms with Crippen LogP contribution in [0.25, 0.3) is 0 Å². The molecule has 2 atom stereocenters. The lowest BCUT2D eigenvalue weighted by Crippen LogP contribution is -2.42. The standard InChI is InChI=1S/C6H12O4/c7-3-5-6(4-8)10-2-1-9-5/h5-8H,1-4H2/t5-,6-/m1/s1. The van der Waals surface area contributed by atoms with Crippen molar-refractivity contribution in [1.29, 1.82) is 0 Å². The molecule has 0 amide bonds. The summed E-state index contributed by atoms with van der Waals surface area (Å²) in [5.74, 6) is 0. The van der Waals surface area contributed by atoms with E-state index in [4.69, 9.17) is 19.7 Å². The molecule has 1 rings (SSSR count). The Morgan fingerprint density at radius 1 is 1.00 bits per heavy atom. The van der Waals surface area contributed by atoms with Gasteiger partial charge in [-0.2, -0.15) is 0 Å². The van der Waals surface area contributed by atoms with E-state index in [1.807, 2.05) is 0 Å². The first-order valence-corrected chi connectivity index (χ1v) is 3.33. The Kier molecular flexibility index (Phi) is 3.08. The number of ether oxygens (including phenoxy) is 2. The van der Waals surface area contributed by atoms with Gasteiger partial charge >= 0.3 is 0 Å². The summed E-state index contributed by atoms with van der Waals surface area (Å²) in [5.41, 5.74) is 0. The first kappa shape index (κ1) is 7.94. The number of hydrogen-bond acceptors (Lipinski definition) is 4. The van der Waals surface area contributed by atoms with E-state index in [9.17, 15) is 0 Å². The topological polar surface area (TPSA) is 58.9 Å². The summed E-state index contributed by atoms with van der Waals surface area (Å²) >= 11 is 0. The van der Waals surface area contributed by atoms with Crippen molar-refractivity contribution < 1.29 is 19.7 Å². The van der Waals surface area contributed by atoms with Gasteiger partial charge in [0.25, 0.3) is 0 Å². The van der Waals surface area contributed by atoms with Gasteiger partial charge in [-0.3, -0.25) is 0 Å². The molecule has 4 heteroatoms. The van der Waals surface area contributed by atoms with Crippen LogP contribution in [0, 0.1) is 0 Å². The molecule has 0 aliphatic carbocycles. The second kappa shape index (κ2) is 3.88. The second-order valence-corrected chi connectivity index (χ2v) is 2.18. The minimum Gasteiger partial charge on any atom is -0.394 e. The first-order chi connectivity index (χ1) is 4.88. The maximum Gasteiger partial charge on any atom is 0.109 e. The molecule has 0 saturated carbocycles. The van der Waals surface area contributed by atoms with E-state index in [1.165, 1.54) is 0 Å². The summed E-state index contributed by atoms with van der Waals surface area (Å²) < 4.78 is 10.2. The predicted molar refractivity (Wildman–Crippen MR) is 33.7 cm³/mol. The van der Waals surface area contributed by atoms with E-state index < -0.39 is 0 Å². The summed E-state index contributed by atoms with van der Waals surface area (Å²) in [6.07, 6.45) is -0.697. The smallest absolute Gasteiger partial charge is 0.109 e. The Labute approximate surface area is 59.4 Å². The summed E-state index contributed by atoms with van der Waals surface area (Å²) in [4.78, 5) is 0. The third kappa shape index (κ3) is 1.67. The number of hydrogen-bond donors (Lipinski definition) is 2. The van der Waals surface area contributed by atoms with Gasteiger partial charge in [0.2, 0.25) is 0 Å². The minimum absolute atomic E-state index is 0.0920. The zero-order valence-electron chi connectivity index (χ0n) is 5.69. The molecule has 0 spiro atoms. The van der Waals surface area contributed by atoms with Gasteiger partial charge in [-0.15, -0.1) is 0 Å². The molecule has 1 heterocycles. The van der Waals surface area contributed by atoms with E-state index in [2.05, 4.69) is 0 Å². The highest BCUT2D eigenvalue weighted by Crippen LogP contribution is 2.08. The fraction of sp³-hybridized carbons (Fsp3) is 1.00. The van der Waals surface area contributed by atoms with Crippen LogP contribution in [0.15, 0.2) is 0 Å². The number of rotatable bonds is 2. The second-order valence-electron chi connectivity index (χ2n) is 2.18.